The van der Waals surface area contributed by atoms with Crippen molar-refractivity contribution in [2.45, 2.75) is 3.79 Å². The van der Waals surface area contributed by atoms with E-state index in [1.54, 1.807) is 0 Å². The van der Waals surface area contributed by atoms with Crippen molar-refractivity contribution in [2.24, 2.45) is 0 Å². The summed E-state index contributed by atoms with van der Waals surface area (Å²) in [5.74, 6) is -1.31. The van der Waals surface area contributed by atoms with Gasteiger partial charge in [-0.3, -0.25) is 4.79 Å². The van der Waals surface area contributed by atoms with Crippen LogP contribution in [0.4, 0.5) is 10.1 Å². The van der Waals surface area contributed by atoms with Crippen LogP contribution in [0.15, 0.2) is 24.3 Å². The lowest BCUT2D eigenvalue weighted by atomic mass is 10.3. The van der Waals surface area contributed by atoms with Gasteiger partial charge in [0, 0.05) is 5.69 Å². The van der Waals surface area contributed by atoms with E-state index >= 15 is 0 Å². The van der Waals surface area contributed by atoms with Crippen molar-refractivity contribution in [3.05, 3.63) is 30.1 Å². The summed E-state index contributed by atoms with van der Waals surface area (Å²) in [6.45, 7) is 0. The van der Waals surface area contributed by atoms with Gasteiger partial charge >= 0.3 is 0 Å². The van der Waals surface area contributed by atoms with Crippen LogP contribution in [0.2, 0.25) is 0 Å². The van der Waals surface area contributed by atoms with E-state index in [9.17, 15) is 9.18 Å². The van der Waals surface area contributed by atoms with E-state index in [2.05, 4.69) is 5.32 Å². The molecule has 0 unspecified atom stereocenters. The molecular formula is C8H5Cl3FNO. The molecule has 0 heterocycles. The maximum Gasteiger partial charge on any atom is 0.276 e. The standard InChI is InChI=1S/C8H5Cl3FNO/c9-8(10,11)7(14)13-6-3-1-2-5(12)4-6/h1-4H,(H,13,14). The molecular weight excluding hydrogens is 251 g/mol. The first-order chi connectivity index (χ1) is 6.39. The summed E-state index contributed by atoms with van der Waals surface area (Å²) in [6, 6.07) is 5.28. The van der Waals surface area contributed by atoms with Gasteiger partial charge < -0.3 is 5.32 Å². The minimum atomic E-state index is -2.05. The van der Waals surface area contributed by atoms with Crippen molar-refractivity contribution in [1.29, 1.82) is 0 Å². The Kier molecular flexibility index (Phi) is 3.59. The third kappa shape index (κ3) is 3.33. The van der Waals surface area contributed by atoms with Crippen molar-refractivity contribution in [2.75, 3.05) is 5.32 Å². The number of halogens is 4. The number of carbonyl (C=O) groups is 1. The summed E-state index contributed by atoms with van der Waals surface area (Å²) in [5.41, 5.74) is 0.237. The molecule has 0 aliphatic rings. The zero-order chi connectivity index (χ0) is 10.8. The van der Waals surface area contributed by atoms with Gasteiger partial charge in [-0.1, -0.05) is 40.9 Å². The number of hydrogen-bond acceptors (Lipinski definition) is 1. The zero-order valence-electron chi connectivity index (χ0n) is 6.73. The van der Waals surface area contributed by atoms with Gasteiger partial charge in [0.15, 0.2) is 0 Å². The summed E-state index contributed by atoms with van der Waals surface area (Å²) < 4.78 is 10.6. The average molecular weight is 256 g/mol. The molecule has 6 heteroatoms. The van der Waals surface area contributed by atoms with Crippen LogP contribution in [0.3, 0.4) is 0 Å². The predicted octanol–water partition coefficient (Wildman–Crippen LogP) is 3.13. The molecule has 1 aromatic rings. The molecule has 0 aliphatic heterocycles. The number of anilines is 1. The second kappa shape index (κ2) is 4.34. The molecule has 1 amide bonds. The van der Waals surface area contributed by atoms with Gasteiger partial charge in [-0.25, -0.2) is 4.39 Å². The Balaban J connectivity index is 2.75. The van der Waals surface area contributed by atoms with E-state index in [4.69, 9.17) is 34.8 Å². The highest BCUT2D eigenvalue weighted by Gasteiger charge is 2.30. The first-order valence-electron chi connectivity index (χ1n) is 3.53. The Bertz CT molecular complexity index is 351. The minimum Gasteiger partial charge on any atom is -0.322 e. The zero-order valence-corrected chi connectivity index (χ0v) is 9.00. The number of nitrogens with one attached hydrogen (secondary N) is 1. The molecule has 0 aromatic heterocycles. The van der Waals surface area contributed by atoms with Gasteiger partial charge in [0.25, 0.3) is 9.70 Å². The first-order valence-corrected chi connectivity index (χ1v) is 4.67. The average Bonchev–Trinajstić information content (AvgIpc) is 2.02. The van der Waals surface area contributed by atoms with Gasteiger partial charge in [0.2, 0.25) is 0 Å². The van der Waals surface area contributed by atoms with Crippen molar-refractivity contribution in [1.82, 2.24) is 0 Å². The van der Waals surface area contributed by atoms with Gasteiger partial charge in [-0.15, -0.1) is 0 Å². The molecule has 2 nitrogen and oxygen atoms in total. The Morgan fingerprint density at radius 3 is 2.50 bits per heavy atom. The lowest BCUT2D eigenvalue weighted by Crippen LogP contribution is -2.26. The van der Waals surface area contributed by atoms with Gasteiger partial charge in [-0.2, -0.15) is 0 Å². The molecule has 0 radical (unpaired) electrons. The molecule has 76 valence electrons. The maximum absolute atomic E-state index is 12.7. The number of carbonyl (C=O) groups excluding carboxylic acids is 1. The Labute approximate surface area is 94.9 Å². The highest BCUT2D eigenvalue weighted by molar-refractivity contribution is 6.76. The van der Waals surface area contributed by atoms with Crippen molar-refractivity contribution < 1.29 is 9.18 Å². The highest BCUT2D eigenvalue weighted by Crippen LogP contribution is 2.27. The van der Waals surface area contributed by atoms with E-state index in [1.807, 2.05) is 0 Å². The van der Waals surface area contributed by atoms with Crippen LogP contribution >= 0.6 is 34.8 Å². The molecule has 0 fully saturated rings. The highest BCUT2D eigenvalue weighted by atomic mass is 35.6. The molecule has 0 aliphatic carbocycles. The topological polar surface area (TPSA) is 29.1 Å². The van der Waals surface area contributed by atoms with Crippen LogP contribution in [0.5, 0.6) is 0 Å². The number of alkyl halides is 3. The fraction of sp³-hybridized carbons (Fsp3) is 0.125. The molecule has 0 spiro atoms. The van der Waals surface area contributed by atoms with Crippen LogP contribution in [-0.2, 0) is 4.79 Å². The van der Waals surface area contributed by atoms with Crippen LogP contribution in [0.1, 0.15) is 0 Å². The number of hydrogen-bond donors (Lipinski definition) is 1. The molecule has 14 heavy (non-hydrogen) atoms. The van der Waals surface area contributed by atoms with Crippen LogP contribution in [-0.4, -0.2) is 9.70 Å². The van der Waals surface area contributed by atoms with Crippen molar-refractivity contribution in [3.8, 4) is 0 Å². The minimum absolute atomic E-state index is 0.237. The van der Waals surface area contributed by atoms with Crippen molar-refractivity contribution >= 4 is 46.4 Å². The van der Waals surface area contributed by atoms with Crippen LogP contribution < -0.4 is 5.32 Å². The molecule has 0 bridgehead atoms. The van der Waals surface area contributed by atoms with Gasteiger partial charge in [0.1, 0.15) is 5.82 Å². The Hall–Kier alpha value is -0.510. The summed E-state index contributed by atoms with van der Waals surface area (Å²) in [4.78, 5) is 11.1. The van der Waals surface area contributed by atoms with Crippen LogP contribution in [0, 0.1) is 5.82 Å². The lowest BCUT2D eigenvalue weighted by molar-refractivity contribution is -0.115. The van der Waals surface area contributed by atoms with Crippen molar-refractivity contribution in [3.63, 3.8) is 0 Å². The molecule has 0 atom stereocenters. The van der Waals surface area contributed by atoms with E-state index in [0.717, 1.165) is 6.07 Å². The number of benzene rings is 1. The second-order valence-electron chi connectivity index (χ2n) is 2.46. The van der Waals surface area contributed by atoms with E-state index in [-0.39, 0.29) is 5.69 Å². The van der Waals surface area contributed by atoms with E-state index in [0.29, 0.717) is 0 Å². The molecule has 1 N–H and O–H groups in total. The summed E-state index contributed by atoms with van der Waals surface area (Å²) >= 11 is 15.9. The normalized spacial score (nSPS) is 11.1. The Morgan fingerprint density at radius 1 is 1.36 bits per heavy atom. The Morgan fingerprint density at radius 2 is 2.00 bits per heavy atom. The van der Waals surface area contributed by atoms with E-state index < -0.39 is 15.5 Å². The second-order valence-corrected chi connectivity index (χ2v) is 4.74. The number of amides is 1. The van der Waals surface area contributed by atoms with E-state index in [1.165, 1.54) is 18.2 Å². The third-order valence-corrected chi connectivity index (χ3v) is 1.85. The largest absolute Gasteiger partial charge is 0.322 e. The summed E-state index contributed by atoms with van der Waals surface area (Å²) in [6.07, 6.45) is 0. The number of rotatable bonds is 1. The maximum atomic E-state index is 12.7. The molecule has 0 saturated heterocycles. The fourth-order valence-electron chi connectivity index (χ4n) is 0.768. The monoisotopic (exact) mass is 255 g/mol. The SMILES string of the molecule is O=C(Nc1cccc(F)c1)C(Cl)(Cl)Cl. The van der Waals surface area contributed by atoms with Gasteiger partial charge in [0.05, 0.1) is 0 Å². The predicted molar refractivity (Wildman–Crippen MR) is 55.3 cm³/mol. The summed E-state index contributed by atoms with van der Waals surface area (Å²) in [7, 11) is 0. The first kappa shape index (κ1) is 11.6. The van der Waals surface area contributed by atoms with Gasteiger partial charge in [-0.05, 0) is 18.2 Å². The third-order valence-electron chi connectivity index (χ3n) is 1.34. The molecule has 1 aromatic carbocycles. The fourth-order valence-corrected chi connectivity index (χ4v) is 0.910. The quantitative estimate of drug-likeness (QED) is 0.769. The van der Waals surface area contributed by atoms with Crippen LogP contribution in [0.25, 0.3) is 0 Å². The molecule has 0 saturated carbocycles. The smallest absolute Gasteiger partial charge is 0.276 e. The summed E-state index contributed by atoms with van der Waals surface area (Å²) in [5, 5.41) is 2.25. The molecule has 1 rings (SSSR count). The lowest BCUT2D eigenvalue weighted by Gasteiger charge is -2.10.